The number of nitrogens with one attached hydrogen (secondary N) is 2. The maximum Gasteiger partial charge on any atom is 0.475 e. The Bertz CT molecular complexity index is 328. The van der Waals surface area contributed by atoms with Crippen molar-refractivity contribution >= 4 is 19.1 Å². The summed E-state index contributed by atoms with van der Waals surface area (Å²) in [6.45, 7) is 8.67. The Morgan fingerprint density at radius 2 is 1.80 bits per heavy atom. The van der Waals surface area contributed by atoms with Gasteiger partial charge in [-0.05, 0) is 33.1 Å². The molecule has 0 saturated heterocycles. The summed E-state index contributed by atoms with van der Waals surface area (Å²) in [6, 6.07) is 0. The molecule has 0 saturated carbocycles. The van der Waals surface area contributed by atoms with Crippen LogP contribution in [0.2, 0.25) is 0 Å². The van der Waals surface area contributed by atoms with E-state index in [9.17, 15) is 9.59 Å². The number of ether oxygens (including phenoxy) is 1. The second-order valence-corrected chi connectivity index (χ2v) is 6.07. The molecule has 0 rings (SSSR count). The highest BCUT2D eigenvalue weighted by Gasteiger charge is 2.26. The molecule has 0 bridgehead atoms. The number of rotatable bonds is 6. The van der Waals surface area contributed by atoms with Crippen LogP contribution in [0, 0.1) is 5.92 Å². The van der Waals surface area contributed by atoms with Crippen LogP contribution in [0.15, 0.2) is 0 Å². The molecular weight excluding hydrogens is 263 g/mol. The van der Waals surface area contributed by atoms with Crippen molar-refractivity contribution < 1.29 is 24.4 Å². The van der Waals surface area contributed by atoms with Crippen molar-refractivity contribution in [3.05, 3.63) is 0 Å². The van der Waals surface area contributed by atoms with Gasteiger partial charge in [0.1, 0.15) is 5.60 Å². The van der Waals surface area contributed by atoms with Crippen molar-refractivity contribution in [1.82, 2.24) is 10.6 Å². The summed E-state index contributed by atoms with van der Waals surface area (Å²) >= 11 is 0. The van der Waals surface area contributed by atoms with E-state index in [-0.39, 0.29) is 12.5 Å². The fraction of sp³-hybridized carbons (Fsp3) is 0.833. The summed E-state index contributed by atoms with van der Waals surface area (Å²) in [4.78, 5) is 23.0. The zero-order chi connectivity index (χ0) is 15.9. The van der Waals surface area contributed by atoms with Gasteiger partial charge in [-0.3, -0.25) is 4.79 Å². The number of hydrogen-bond donors (Lipinski definition) is 4. The topological polar surface area (TPSA) is 108 Å². The Hall–Kier alpha value is -1.28. The smallest absolute Gasteiger partial charge is 0.444 e. The molecule has 0 radical (unpaired) electrons. The van der Waals surface area contributed by atoms with E-state index in [0.29, 0.717) is 6.42 Å². The predicted octanol–water partition coefficient (Wildman–Crippen LogP) is 0.0540. The molecule has 0 fully saturated rings. The summed E-state index contributed by atoms with van der Waals surface area (Å²) in [7, 11) is -1.64. The van der Waals surface area contributed by atoms with Gasteiger partial charge in [0.2, 0.25) is 5.91 Å². The van der Waals surface area contributed by atoms with Crippen LogP contribution in [0.25, 0.3) is 0 Å². The Labute approximate surface area is 120 Å². The van der Waals surface area contributed by atoms with E-state index < -0.39 is 30.7 Å². The van der Waals surface area contributed by atoms with Gasteiger partial charge in [0.05, 0.1) is 12.5 Å². The quantitative estimate of drug-likeness (QED) is 0.517. The number of alkyl carbamates (subject to hydrolysis) is 1. The summed E-state index contributed by atoms with van der Waals surface area (Å²) in [5, 5.41) is 23.1. The van der Waals surface area contributed by atoms with Crippen molar-refractivity contribution in [2.24, 2.45) is 5.92 Å². The van der Waals surface area contributed by atoms with Gasteiger partial charge in [0.25, 0.3) is 0 Å². The van der Waals surface area contributed by atoms with Gasteiger partial charge < -0.3 is 25.4 Å². The van der Waals surface area contributed by atoms with Crippen molar-refractivity contribution in [2.75, 3.05) is 6.54 Å². The second kappa shape index (κ2) is 8.11. The number of amides is 2. The van der Waals surface area contributed by atoms with Crippen molar-refractivity contribution in [3.63, 3.8) is 0 Å². The van der Waals surface area contributed by atoms with Gasteiger partial charge in [0, 0.05) is 0 Å². The average Bonchev–Trinajstić information content (AvgIpc) is 2.22. The zero-order valence-electron chi connectivity index (χ0n) is 12.8. The lowest BCUT2D eigenvalue weighted by Gasteiger charge is -2.21. The maximum atomic E-state index is 11.6. The maximum absolute atomic E-state index is 11.6. The fourth-order valence-electron chi connectivity index (χ4n) is 1.49. The molecular formula is C12H25BN2O5. The Balaban J connectivity index is 4.17. The summed E-state index contributed by atoms with van der Waals surface area (Å²) in [5.74, 6) is -1.07. The predicted molar refractivity (Wildman–Crippen MR) is 75.8 cm³/mol. The molecule has 0 aliphatic rings. The number of carbonyl (C=O) groups is 2. The standard InChI is InChI=1S/C12H25BN2O5/c1-8(2)6-9(13(18)19)15-10(16)7-14-11(17)20-12(3,4)5/h8-9,18-19H,6-7H2,1-5H3,(H,14,17)(H,15,16)/t9-/m0/s1. The van der Waals surface area contributed by atoms with Crippen molar-refractivity contribution in [1.29, 1.82) is 0 Å². The van der Waals surface area contributed by atoms with Crippen LogP contribution < -0.4 is 10.6 Å². The molecule has 0 aromatic carbocycles. The minimum Gasteiger partial charge on any atom is -0.444 e. The summed E-state index contributed by atoms with van der Waals surface area (Å²) in [6.07, 6.45) is -0.270. The third kappa shape index (κ3) is 9.63. The van der Waals surface area contributed by atoms with Crippen LogP contribution in [-0.2, 0) is 9.53 Å². The van der Waals surface area contributed by atoms with E-state index in [1.165, 1.54) is 0 Å². The summed E-state index contributed by atoms with van der Waals surface area (Å²) in [5.41, 5.74) is -0.637. The molecule has 0 aromatic rings. The van der Waals surface area contributed by atoms with Gasteiger partial charge in [-0.25, -0.2) is 4.79 Å². The third-order valence-electron chi connectivity index (χ3n) is 2.22. The first-order valence-electron chi connectivity index (χ1n) is 6.63. The van der Waals surface area contributed by atoms with E-state index in [2.05, 4.69) is 10.6 Å². The van der Waals surface area contributed by atoms with Crippen molar-refractivity contribution in [2.45, 2.75) is 52.6 Å². The highest BCUT2D eigenvalue weighted by Crippen LogP contribution is 2.07. The minimum atomic E-state index is -1.64. The Morgan fingerprint density at radius 1 is 1.25 bits per heavy atom. The normalized spacial score (nSPS) is 12.8. The molecule has 8 heteroatoms. The molecule has 20 heavy (non-hydrogen) atoms. The first-order valence-corrected chi connectivity index (χ1v) is 6.63. The third-order valence-corrected chi connectivity index (χ3v) is 2.22. The van der Waals surface area contributed by atoms with Gasteiger partial charge >= 0.3 is 13.2 Å². The Kier molecular flexibility index (Phi) is 7.59. The van der Waals surface area contributed by atoms with Crippen LogP contribution in [0.4, 0.5) is 4.79 Å². The molecule has 0 aliphatic carbocycles. The van der Waals surface area contributed by atoms with Gasteiger partial charge in [0.15, 0.2) is 0 Å². The largest absolute Gasteiger partial charge is 0.475 e. The zero-order valence-corrected chi connectivity index (χ0v) is 12.8. The van der Waals surface area contributed by atoms with Crippen LogP contribution >= 0.6 is 0 Å². The minimum absolute atomic E-state index is 0.195. The SMILES string of the molecule is CC(C)C[C@H](NC(=O)CNC(=O)OC(C)(C)C)B(O)O. The number of hydrogen-bond acceptors (Lipinski definition) is 5. The molecule has 1 atom stereocenters. The highest BCUT2D eigenvalue weighted by atomic mass is 16.6. The van der Waals surface area contributed by atoms with E-state index >= 15 is 0 Å². The highest BCUT2D eigenvalue weighted by molar-refractivity contribution is 6.43. The molecule has 0 aliphatic heterocycles. The lowest BCUT2D eigenvalue weighted by atomic mass is 9.75. The molecule has 0 spiro atoms. The van der Waals surface area contributed by atoms with Crippen LogP contribution in [0.3, 0.4) is 0 Å². The Morgan fingerprint density at radius 3 is 2.20 bits per heavy atom. The van der Waals surface area contributed by atoms with Crippen molar-refractivity contribution in [3.8, 4) is 0 Å². The van der Waals surface area contributed by atoms with Gasteiger partial charge in [-0.2, -0.15) is 0 Å². The van der Waals surface area contributed by atoms with E-state index in [1.54, 1.807) is 20.8 Å². The second-order valence-electron chi connectivity index (χ2n) is 6.07. The average molecular weight is 288 g/mol. The monoisotopic (exact) mass is 288 g/mol. The molecule has 2 amide bonds. The molecule has 4 N–H and O–H groups in total. The fourth-order valence-corrected chi connectivity index (χ4v) is 1.49. The van der Waals surface area contributed by atoms with Gasteiger partial charge in [-0.15, -0.1) is 0 Å². The van der Waals surface area contributed by atoms with Crippen LogP contribution in [-0.4, -0.2) is 47.3 Å². The van der Waals surface area contributed by atoms with Crippen LogP contribution in [0.5, 0.6) is 0 Å². The first-order chi connectivity index (χ1) is 9.01. The molecule has 7 nitrogen and oxygen atoms in total. The van der Waals surface area contributed by atoms with E-state index in [4.69, 9.17) is 14.8 Å². The molecule has 0 aromatic heterocycles. The van der Waals surface area contributed by atoms with E-state index in [0.717, 1.165) is 0 Å². The lowest BCUT2D eigenvalue weighted by molar-refractivity contribution is -0.120. The number of carbonyl (C=O) groups excluding carboxylic acids is 2. The molecule has 0 unspecified atom stereocenters. The van der Waals surface area contributed by atoms with Crippen LogP contribution in [0.1, 0.15) is 41.0 Å². The van der Waals surface area contributed by atoms with E-state index in [1.807, 2.05) is 13.8 Å². The molecule has 0 heterocycles. The summed E-state index contributed by atoms with van der Waals surface area (Å²) < 4.78 is 4.98. The molecule has 116 valence electrons. The van der Waals surface area contributed by atoms with Gasteiger partial charge in [-0.1, -0.05) is 13.8 Å². The first kappa shape index (κ1) is 18.7. The lowest BCUT2D eigenvalue weighted by Crippen LogP contribution is -2.50.